The van der Waals surface area contributed by atoms with E-state index in [4.69, 9.17) is 11.6 Å². The lowest BCUT2D eigenvalue weighted by molar-refractivity contribution is 0.103. The summed E-state index contributed by atoms with van der Waals surface area (Å²) in [5.41, 5.74) is 5.75. The average Bonchev–Trinajstić information content (AvgIpc) is 3.43. The standard InChI is InChI=1S/C32H23F2S2.C26H19ClOS2.C6H5F/c1-23(24-5-3-2-4-6-24)25-7-13-28(14-8-25)35-29-15-21-32(22-16-29)36(30-17-9-26(33)10-18-30)31-19-11-27(34)12-20-31;1-18-7-10-21(11-8-18)29-22-12-14-23(15-13-22)30-25-16-9-20(17-24(25)27)26(28)19-5-3-2-4-6-19;7-6-4-2-1-3-5-6/h2-22H,1H2;2-17H,1H3;1-5H/q+1;;. The van der Waals surface area contributed by atoms with Crippen LogP contribution in [0.1, 0.15) is 32.6 Å². The number of halogens is 4. The second-order valence-electron chi connectivity index (χ2n) is 16.3. The maximum Gasteiger partial charge on any atom is 0.193 e. The van der Waals surface area contributed by atoms with E-state index in [2.05, 4.69) is 123 Å². The molecular weight excluding hydrogens is 1010 g/mol. The Labute approximate surface area is 446 Å². The zero-order chi connectivity index (χ0) is 50.9. The molecule has 0 bridgehead atoms. The van der Waals surface area contributed by atoms with Crippen LogP contribution in [0.5, 0.6) is 0 Å². The molecule has 10 rings (SSSR count). The van der Waals surface area contributed by atoms with E-state index >= 15 is 0 Å². The minimum atomic E-state index is -0.465. The van der Waals surface area contributed by atoms with E-state index in [0.717, 1.165) is 51.0 Å². The molecule has 0 atom stereocenters. The van der Waals surface area contributed by atoms with Gasteiger partial charge in [-0.1, -0.05) is 162 Å². The van der Waals surface area contributed by atoms with Crippen molar-refractivity contribution < 1.29 is 18.0 Å². The van der Waals surface area contributed by atoms with E-state index in [1.54, 1.807) is 83.8 Å². The number of rotatable bonds is 13. The number of ketones is 1. The van der Waals surface area contributed by atoms with Gasteiger partial charge in [0, 0.05) is 40.5 Å². The average molecular weight is 1050 g/mol. The summed E-state index contributed by atoms with van der Waals surface area (Å²) in [6.07, 6.45) is 0. The van der Waals surface area contributed by atoms with Crippen molar-refractivity contribution in [2.75, 3.05) is 0 Å². The third-order valence-electron chi connectivity index (χ3n) is 11.0. The van der Waals surface area contributed by atoms with E-state index in [1.807, 2.05) is 60.7 Å². The Hall–Kier alpha value is -6.91. The normalized spacial score (nSPS) is 10.7. The summed E-state index contributed by atoms with van der Waals surface area (Å²) < 4.78 is 39.0. The first-order chi connectivity index (χ1) is 35.5. The minimum Gasteiger partial charge on any atom is -0.289 e. The van der Waals surface area contributed by atoms with Gasteiger partial charge in [-0.25, -0.2) is 13.2 Å². The molecule has 0 saturated carbocycles. The van der Waals surface area contributed by atoms with E-state index in [1.165, 1.54) is 51.8 Å². The van der Waals surface area contributed by atoms with Crippen molar-refractivity contribution in [1.82, 2.24) is 0 Å². The lowest BCUT2D eigenvalue weighted by atomic mass is 10.00. The van der Waals surface area contributed by atoms with Crippen LogP contribution < -0.4 is 0 Å². The Kier molecular flexibility index (Phi) is 18.8. The second kappa shape index (κ2) is 26.2. The van der Waals surface area contributed by atoms with Gasteiger partial charge in [-0.2, -0.15) is 0 Å². The van der Waals surface area contributed by atoms with E-state index in [9.17, 15) is 18.0 Å². The fraction of sp³-hybridized carbons (Fsp3) is 0.0156. The summed E-state index contributed by atoms with van der Waals surface area (Å²) in [6.45, 7) is 6.34. The maximum atomic E-state index is 13.6. The molecule has 0 N–H and O–H groups in total. The van der Waals surface area contributed by atoms with Crippen LogP contribution in [0.4, 0.5) is 13.2 Å². The predicted octanol–water partition coefficient (Wildman–Crippen LogP) is 19.3. The molecular formula is C64H47ClF3OS4+. The molecule has 10 aromatic carbocycles. The first kappa shape index (κ1) is 52.4. The molecule has 0 amide bonds. The van der Waals surface area contributed by atoms with E-state index in [0.29, 0.717) is 16.1 Å². The first-order valence-corrected chi connectivity index (χ1v) is 27.1. The van der Waals surface area contributed by atoms with Gasteiger partial charge in [-0.15, -0.1) is 0 Å². The summed E-state index contributed by atoms with van der Waals surface area (Å²) in [7, 11) is -0.465. The lowest BCUT2D eigenvalue weighted by Gasteiger charge is -2.10. The van der Waals surface area contributed by atoms with Crippen LogP contribution in [0.2, 0.25) is 5.02 Å². The first-order valence-electron chi connectivity index (χ1n) is 23.0. The molecule has 10 aromatic rings. The smallest absolute Gasteiger partial charge is 0.193 e. The Morgan fingerprint density at radius 1 is 0.397 bits per heavy atom. The Morgan fingerprint density at radius 2 is 0.740 bits per heavy atom. The summed E-state index contributed by atoms with van der Waals surface area (Å²) in [5, 5.41) is 0.583. The van der Waals surface area contributed by atoms with Crippen molar-refractivity contribution in [1.29, 1.82) is 0 Å². The number of aryl methyl sites for hydroxylation is 1. The largest absolute Gasteiger partial charge is 0.289 e. The van der Waals surface area contributed by atoms with Gasteiger partial charge in [0.15, 0.2) is 20.5 Å². The second-order valence-corrected chi connectivity index (χ2v) is 22.1. The van der Waals surface area contributed by atoms with Gasteiger partial charge in [-0.05, 0) is 175 Å². The number of carbonyl (C=O) groups is 1. The quantitative estimate of drug-likeness (QED) is 0.0845. The monoisotopic (exact) mass is 1050 g/mol. The van der Waals surface area contributed by atoms with Crippen LogP contribution >= 0.6 is 46.9 Å². The summed E-state index contributed by atoms with van der Waals surface area (Å²) in [4.78, 5) is 22.4. The zero-order valence-corrected chi connectivity index (χ0v) is 43.5. The molecule has 0 saturated heterocycles. The molecule has 0 aliphatic carbocycles. The fourth-order valence-electron chi connectivity index (χ4n) is 7.20. The molecule has 73 heavy (non-hydrogen) atoms. The van der Waals surface area contributed by atoms with Crippen LogP contribution in [0, 0.1) is 24.4 Å². The summed E-state index contributed by atoms with van der Waals surface area (Å²) in [6, 6.07) is 79.8. The number of benzene rings is 10. The Bertz CT molecular complexity index is 3300. The topological polar surface area (TPSA) is 17.1 Å². The van der Waals surface area contributed by atoms with Crippen molar-refractivity contribution in [3.05, 3.63) is 312 Å². The Balaban J connectivity index is 0.000000174. The van der Waals surface area contributed by atoms with E-state index < -0.39 is 10.9 Å². The molecule has 1 nitrogen and oxygen atoms in total. The van der Waals surface area contributed by atoms with Gasteiger partial charge in [-0.3, -0.25) is 4.79 Å². The highest BCUT2D eigenvalue weighted by Crippen LogP contribution is 2.38. The molecule has 360 valence electrons. The highest BCUT2D eigenvalue weighted by molar-refractivity contribution is 8.00. The minimum absolute atomic E-state index is 0.0217. The third kappa shape index (κ3) is 15.3. The molecule has 0 aliphatic heterocycles. The van der Waals surface area contributed by atoms with Crippen LogP contribution in [0.15, 0.2) is 305 Å². The predicted molar refractivity (Wildman–Crippen MR) is 300 cm³/mol. The van der Waals surface area contributed by atoms with Gasteiger partial charge < -0.3 is 0 Å². The number of hydrogen-bond acceptors (Lipinski definition) is 4. The molecule has 0 aliphatic rings. The summed E-state index contributed by atoms with van der Waals surface area (Å²) in [5.74, 6) is -0.743. The van der Waals surface area contributed by atoms with Crippen LogP contribution in [0.3, 0.4) is 0 Å². The third-order valence-corrected chi connectivity index (χ3v) is 16.8. The van der Waals surface area contributed by atoms with Gasteiger partial charge in [0.25, 0.3) is 0 Å². The molecule has 0 radical (unpaired) electrons. The van der Waals surface area contributed by atoms with Gasteiger partial charge in [0.1, 0.15) is 17.5 Å². The van der Waals surface area contributed by atoms with Crippen LogP contribution in [-0.2, 0) is 10.9 Å². The maximum absolute atomic E-state index is 13.6. The lowest BCUT2D eigenvalue weighted by Crippen LogP contribution is -2.05. The highest BCUT2D eigenvalue weighted by Gasteiger charge is 2.29. The number of carbonyl (C=O) groups excluding carboxylic acids is 1. The summed E-state index contributed by atoms with van der Waals surface area (Å²) >= 11 is 11.5. The van der Waals surface area contributed by atoms with Crippen LogP contribution in [0.25, 0.3) is 5.57 Å². The molecule has 0 spiro atoms. The molecule has 0 aromatic heterocycles. The van der Waals surface area contributed by atoms with Crippen molar-refractivity contribution in [3.63, 3.8) is 0 Å². The fourth-order valence-corrected chi connectivity index (χ4v) is 12.0. The van der Waals surface area contributed by atoms with Crippen molar-refractivity contribution in [2.24, 2.45) is 0 Å². The van der Waals surface area contributed by atoms with Gasteiger partial charge in [0.2, 0.25) is 0 Å². The molecule has 0 unspecified atom stereocenters. The van der Waals surface area contributed by atoms with E-state index in [-0.39, 0.29) is 23.2 Å². The molecule has 0 fully saturated rings. The van der Waals surface area contributed by atoms with Crippen molar-refractivity contribution in [2.45, 2.75) is 51.0 Å². The van der Waals surface area contributed by atoms with Gasteiger partial charge >= 0.3 is 0 Å². The van der Waals surface area contributed by atoms with Crippen LogP contribution in [-0.4, -0.2) is 5.78 Å². The zero-order valence-electron chi connectivity index (χ0n) is 39.5. The van der Waals surface area contributed by atoms with Crippen molar-refractivity contribution >= 4 is 69.1 Å². The van der Waals surface area contributed by atoms with Crippen molar-refractivity contribution in [3.8, 4) is 0 Å². The number of hydrogen-bond donors (Lipinski definition) is 0. The Morgan fingerprint density at radius 3 is 1.18 bits per heavy atom. The molecule has 9 heteroatoms. The van der Waals surface area contributed by atoms with Gasteiger partial charge in [0.05, 0.1) is 15.9 Å². The SMILES string of the molecule is C=C(c1ccccc1)c1ccc(Sc2ccc([S+](c3ccc(F)cc3)c3ccc(F)cc3)cc2)cc1.Cc1ccc(Sc2ccc(Sc3ccc(C(=O)c4ccccc4)cc3Cl)cc2)cc1.Fc1ccccc1. The highest BCUT2D eigenvalue weighted by atomic mass is 35.5. The molecule has 0 heterocycles.